The van der Waals surface area contributed by atoms with E-state index in [1.165, 1.54) is 84.0 Å². The summed E-state index contributed by atoms with van der Waals surface area (Å²) in [6.45, 7) is 34.8. The molecule has 0 aliphatic carbocycles. The highest BCUT2D eigenvalue weighted by Gasteiger charge is 2.32. The topological polar surface area (TPSA) is 301 Å². The van der Waals surface area contributed by atoms with E-state index >= 15 is 0 Å². The van der Waals surface area contributed by atoms with Crippen molar-refractivity contribution in [3.63, 3.8) is 0 Å². The number of ketones is 1. The molecule has 2 fully saturated rings. The highest BCUT2D eigenvalue weighted by atomic mass is 79.9. The molecule has 127 heavy (non-hydrogen) atoms. The minimum atomic E-state index is -0.859. The smallest absolute Gasteiger partial charge is 0.322 e. The van der Waals surface area contributed by atoms with Crippen LogP contribution in [0.5, 0.6) is 0 Å². The summed E-state index contributed by atoms with van der Waals surface area (Å²) in [5.41, 5.74) is 9.86. The van der Waals surface area contributed by atoms with Crippen LogP contribution in [0.4, 0.5) is 0 Å². The number of hydrogen-bond donors (Lipinski definition) is 3. The molecule has 712 valence electrons. The number of aliphatic carboxylic acids is 2. The lowest BCUT2D eigenvalue weighted by Crippen LogP contribution is -2.37. The Kier molecular flexibility index (Phi) is 82.4. The number of alkyl halides is 2. The summed E-state index contributed by atoms with van der Waals surface area (Å²) in [7, 11) is 9.20. The number of benzene rings is 4. The van der Waals surface area contributed by atoms with Crippen molar-refractivity contribution in [1.82, 2.24) is 0 Å². The molecule has 0 aromatic heterocycles. The quantitative estimate of drug-likeness (QED) is 0.0122. The molecular weight excluding hydrogens is 1760 g/mol. The Bertz CT molecular complexity index is 3600. The molecule has 4 heterocycles. The van der Waals surface area contributed by atoms with Crippen molar-refractivity contribution >= 4 is 103 Å². The van der Waals surface area contributed by atoms with Gasteiger partial charge in [0.1, 0.15) is 43.1 Å². The minimum Gasteiger partial charge on any atom is -0.483 e. The Morgan fingerprint density at radius 1 is 0.472 bits per heavy atom. The van der Waals surface area contributed by atoms with Gasteiger partial charge in [0.05, 0.1) is 60.9 Å². The van der Waals surface area contributed by atoms with Gasteiger partial charge in [0.25, 0.3) is 0 Å². The third-order valence-electron chi connectivity index (χ3n) is 19.5. The Morgan fingerprint density at radius 3 is 1.29 bits per heavy atom. The third kappa shape index (κ3) is 66.4. The highest BCUT2D eigenvalue weighted by molar-refractivity contribution is 9.09. The highest BCUT2D eigenvalue weighted by Crippen LogP contribution is 2.25. The second kappa shape index (κ2) is 85.4. The van der Waals surface area contributed by atoms with Crippen LogP contribution in [0, 0.1) is 29.6 Å². The van der Waals surface area contributed by atoms with Crippen molar-refractivity contribution in [3.05, 3.63) is 220 Å². The zero-order chi connectivity index (χ0) is 94.0. The van der Waals surface area contributed by atoms with E-state index in [0.29, 0.717) is 75.1 Å². The number of nitrogens with two attached hydrogens (primary N) is 1. The summed E-state index contributed by atoms with van der Waals surface area (Å²) < 4.78 is 45.6. The van der Waals surface area contributed by atoms with Gasteiger partial charge in [-0.05, 0) is 169 Å². The summed E-state index contributed by atoms with van der Waals surface area (Å²) in [6, 6.07) is 38.6. The molecule has 0 radical (unpaired) electrons. The largest absolute Gasteiger partial charge is 0.483 e. The van der Waals surface area contributed by atoms with Crippen LogP contribution in [0.1, 0.15) is 223 Å². The number of methoxy groups -OCH3 is 6. The van der Waals surface area contributed by atoms with Gasteiger partial charge in [-0.1, -0.05) is 249 Å². The van der Waals surface area contributed by atoms with Crippen LogP contribution in [-0.4, -0.2) is 175 Å². The molecule has 4 aliphatic rings. The number of carbonyl (C=O) groups excluding carboxylic acids is 4. The van der Waals surface area contributed by atoms with E-state index in [4.69, 9.17) is 58.8 Å². The number of rotatable bonds is 44. The number of Topliss-reactive ketones (excluding diaryl/α,β-unsaturated/α-hetero) is 1. The average Bonchev–Trinajstić information content (AvgIpc) is 1.11. The molecule has 25 heteroatoms. The molecule has 0 amide bonds. The Labute approximate surface area is 785 Å². The molecule has 22 nitrogen and oxygen atoms in total. The first-order chi connectivity index (χ1) is 60.9. The number of nitrogens with zero attached hydrogens (tertiary/aromatic N) is 4. The average molecular weight is 1920 g/mol. The second-order valence-electron chi connectivity index (χ2n) is 30.5. The number of unbranched alkanes of at least 4 members (excludes halogenated alkanes) is 10. The monoisotopic (exact) mass is 1920 g/mol. The fourth-order valence-electron chi connectivity index (χ4n) is 12.2. The van der Waals surface area contributed by atoms with E-state index in [9.17, 15) is 28.8 Å². The number of aliphatic imine (C=N–C) groups is 4. The first kappa shape index (κ1) is 122. The van der Waals surface area contributed by atoms with E-state index in [-0.39, 0.29) is 80.0 Å². The van der Waals surface area contributed by atoms with Crippen molar-refractivity contribution in [1.29, 1.82) is 0 Å². The van der Waals surface area contributed by atoms with Gasteiger partial charge in [0, 0.05) is 55.8 Å². The first-order valence-electron chi connectivity index (χ1n) is 44.5. The van der Waals surface area contributed by atoms with Crippen molar-refractivity contribution in [2.24, 2.45) is 55.3 Å². The normalized spacial score (nSPS) is 15.1. The Hall–Kier alpha value is -8.65. The number of esters is 3. The van der Waals surface area contributed by atoms with E-state index in [1.807, 2.05) is 127 Å². The fourth-order valence-corrected chi connectivity index (χ4v) is 12.9. The number of ether oxygens (including phenoxy) is 9. The molecular formula is C102H156Br2ClN5O17. The van der Waals surface area contributed by atoms with Gasteiger partial charge < -0.3 is 58.6 Å². The maximum absolute atomic E-state index is 13.1. The standard InChI is InChI=1S/C26H30O5.C16H28N2O2.C13H16O2.C10H19NO2.C9H16N2O2.C7H7Br.C7H13Br.C6H10O2.2C4H8O.ClH/c1-3-4-15-22(16-20-11-7-5-8-12-20)24(27)17-23(26(29)30-2)18-25(28)31-19-21-13-9-6-10-14-21;1-6-7-8-9-10-11-13-15(19-4)18-14(12(2)3)16(17-13)20-5;1-2-3-9-12(13(14)15)10-11-7-5-4-6-8-11;1-3-4-5-6-7-8-9(11)10(12)13-2;1-6(2)8-9(13-4)10-5-7(11-8)12-3;8-6-7-4-2-1-3-5-7;1-2-3-4-5-6-7-8;1-2-3-4-5-6(7)8;2*1-2-4-5-3-1;/h3,5-14,22-23H,1,4,15-19H2,2H3;6,12-14H,1,7-11H2,2-5H3;2,4-8,12H,1,3,9-10H2,(H,14,15);3,9H,1,4-8,11H2,2H3;6,8H,5H2,1-4H3;1-5H,6H2;2H,1,3-7H2;2H,1,3-5H2,(H,7,8);2*1-4H2;1H/t22?,23-;13?,14-;;9-;8-;;;;;;/m01.01....../s1. The number of carboxylic acid groups (broad SMARTS) is 2. The van der Waals surface area contributed by atoms with Crippen LogP contribution in [0.2, 0.25) is 0 Å². The molecule has 4 aromatic carbocycles. The van der Waals surface area contributed by atoms with Gasteiger partial charge in [0.2, 0.25) is 23.6 Å². The minimum absolute atomic E-state index is 0. The maximum atomic E-state index is 13.1. The maximum Gasteiger partial charge on any atom is 0.322 e. The zero-order valence-electron chi connectivity index (χ0n) is 78.2. The predicted octanol–water partition coefficient (Wildman–Crippen LogP) is 23.1. The zero-order valence-corrected chi connectivity index (χ0v) is 82.1. The summed E-state index contributed by atoms with van der Waals surface area (Å²) in [4.78, 5) is 87.3. The number of halogens is 3. The number of carboxylic acids is 2. The molecule has 7 atom stereocenters. The van der Waals surface area contributed by atoms with Crippen LogP contribution in [0.3, 0.4) is 0 Å². The Balaban J connectivity index is -0.00000141. The summed E-state index contributed by atoms with van der Waals surface area (Å²) in [5, 5.41) is 19.2. The molecule has 4 aromatic rings. The number of carbonyl (C=O) groups is 6. The summed E-state index contributed by atoms with van der Waals surface area (Å²) >= 11 is 6.73. The van der Waals surface area contributed by atoms with Gasteiger partial charge in [-0.25, -0.2) is 20.0 Å². The lowest BCUT2D eigenvalue weighted by Gasteiger charge is -2.27. The molecule has 3 unspecified atom stereocenters. The van der Waals surface area contributed by atoms with Crippen LogP contribution in [0.15, 0.2) is 217 Å². The fraction of sp³-hybridized carbons (Fsp3) is 0.549. The first-order valence-corrected chi connectivity index (χ1v) is 46.7. The molecule has 8 rings (SSSR count). The van der Waals surface area contributed by atoms with Crippen molar-refractivity contribution in [2.45, 2.75) is 250 Å². The molecule has 4 aliphatic heterocycles. The van der Waals surface area contributed by atoms with Crippen molar-refractivity contribution < 1.29 is 81.6 Å². The Morgan fingerprint density at radius 2 is 0.898 bits per heavy atom. The number of allylic oxidation sites excluding steroid dienone is 6. The van der Waals surface area contributed by atoms with E-state index in [2.05, 4.69) is 131 Å². The van der Waals surface area contributed by atoms with Crippen molar-refractivity contribution in [2.75, 3.05) is 81.0 Å². The van der Waals surface area contributed by atoms with Crippen LogP contribution < -0.4 is 5.73 Å². The van der Waals surface area contributed by atoms with Gasteiger partial charge in [-0.3, -0.25) is 28.8 Å². The molecule has 0 bridgehead atoms. The lowest BCUT2D eigenvalue weighted by atomic mass is 9.85. The van der Waals surface area contributed by atoms with Crippen LogP contribution >= 0.6 is 44.3 Å². The summed E-state index contributed by atoms with van der Waals surface area (Å²) in [5.74, 6) is -0.754. The van der Waals surface area contributed by atoms with Crippen LogP contribution in [0.25, 0.3) is 0 Å². The van der Waals surface area contributed by atoms with Gasteiger partial charge in [-0.15, -0.1) is 51.9 Å². The second-order valence-corrected chi connectivity index (χ2v) is 31.9. The van der Waals surface area contributed by atoms with Gasteiger partial charge in [0.15, 0.2) is 0 Å². The van der Waals surface area contributed by atoms with E-state index < -0.39 is 35.8 Å². The predicted molar refractivity (Wildman–Crippen MR) is 531 cm³/mol. The lowest BCUT2D eigenvalue weighted by molar-refractivity contribution is -0.155. The molecule has 2 saturated heterocycles. The third-order valence-corrected chi connectivity index (χ3v) is 20.7. The van der Waals surface area contributed by atoms with Crippen LogP contribution in [-0.2, 0) is 96.2 Å². The number of hydrogen-bond acceptors (Lipinski definition) is 20. The van der Waals surface area contributed by atoms with E-state index in [0.717, 1.165) is 123 Å². The summed E-state index contributed by atoms with van der Waals surface area (Å²) in [6.07, 6.45) is 37.3. The van der Waals surface area contributed by atoms with Crippen molar-refractivity contribution in [3.8, 4) is 0 Å². The molecule has 4 N–H and O–H groups in total. The SMILES string of the molecule is BrCc1ccccc1.C1CCOC1.C1CCOC1.C=CCCC(Cc1ccccc1)C(=O)C[C@@H](CC(=O)OCc1ccccc1)C(=O)OC.C=CCCC(Cc1ccccc1)C(=O)O.C=CCCCC(=O)O.C=CCCCCCBr.C=CCCCCCC1N=C(OC)[C@@H](C(C)C)N=C1OC.C=CCCCCC[C@H](N)C(=O)OC.COC1=N[C@H](C(C)C)C(OC)=NC1.Cl. The molecule has 0 spiro atoms. The molecule has 0 saturated carbocycles. The van der Waals surface area contributed by atoms with Gasteiger partial charge >= 0.3 is 29.8 Å². The van der Waals surface area contributed by atoms with Gasteiger partial charge in [-0.2, -0.15) is 0 Å². The van der Waals surface area contributed by atoms with E-state index in [1.54, 1.807) is 46.7 Å².